The van der Waals surface area contributed by atoms with E-state index in [-0.39, 0.29) is 24.3 Å². The third-order valence-electron chi connectivity index (χ3n) is 4.60. The predicted octanol–water partition coefficient (Wildman–Crippen LogP) is 1.84. The van der Waals surface area contributed by atoms with Crippen molar-refractivity contribution in [1.29, 1.82) is 0 Å². The van der Waals surface area contributed by atoms with Crippen molar-refractivity contribution in [2.24, 2.45) is 5.92 Å². The van der Waals surface area contributed by atoms with Crippen LogP contribution in [0.1, 0.15) is 25.7 Å². The molecule has 1 aromatic carbocycles. The molecule has 146 valence electrons. The molecule has 1 fully saturated rings. The molecule has 27 heavy (non-hydrogen) atoms. The summed E-state index contributed by atoms with van der Waals surface area (Å²) in [7, 11) is 0. The summed E-state index contributed by atoms with van der Waals surface area (Å²) in [6.07, 6.45) is 3.49. The minimum atomic E-state index is -1.05. The van der Waals surface area contributed by atoms with E-state index < -0.39 is 12.0 Å². The van der Waals surface area contributed by atoms with Crippen LogP contribution in [-0.4, -0.2) is 53.5 Å². The van der Waals surface area contributed by atoms with Gasteiger partial charge in [0.2, 0.25) is 5.91 Å². The second-order valence-corrected chi connectivity index (χ2v) is 6.52. The lowest BCUT2D eigenvalue weighted by Crippen LogP contribution is -2.48. The fourth-order valence-electron chi connectivity index (χ4n) is 2.98. The summed E-state index contributed by atoms with van der Waals surface area (Å²) in [5.41, 5.74) is 0. The van der Waals surface area contributed by atoms with Gasteiger partial charge in [-0.15, -0.1) is 6.58 Å². The lowest BCUT2D eigenvalue weighted by molar-refractivity contribution is -0.143. The van der Waals surface area contributed by atoms with Gasteiger partial charge in [-0.3, -0.25) is 9.59 Å². The molecule has 1 aliphatic rings. The van der Waals surface area contributed by atoms with Crippen molar-refractivity contribution >= 4 is 17.8 Å². The van der Waals surface area contributed by atoms with Crippen LogP contribution in [0.15, 0.2) is 43.0 Å². The van der Waals surface area contributed by atoms with Crippen LogP contribution in [0, 0.1) is 5.92 Å². The summed E-state index contributed by atoms with van der Waals surface area (Å²) in [6, 6.07) is 8.21. The molecule has 7 heteroatoms. The number of carbonyl (C=O) groups is 3. The lowest BCUT2D eigenvalue weighted by Gasteiger charge is -2.31. The lowest BCUT2D eigenvalue weighted by atomic mass is 9.95. The number of carboxylic acids is 1. The van der Waals surface area contributed by atoms with Crippen molar-refractivity contribution in [3.8, 4) is 5.75 Å². The van der Waals surface area contributed by atoms with Gasteiger partial charge >= 0.3 is 5.97 Å². The monoisotopic (exact) mass is 374 g/mol. The highest BCUT2D eigenvalue weighted by Crippen LogP contribution is 2.18. The number of nitrogens with zero attached hydrogens (tertiary/aromatic N) is 1. The third kappa shape index (κ3) is 6.44. The zero-order valence-corrected chi connectivity index (χ0v) is 15.3. The normalized spacial score (nSPS) is 15.6. The van der Waals surface area contributed by atoms with Gasteiger partial charge in [0.1, 0.15) is 11.8 Å². The van der Waals surface area contributed by atoms with Crippen molar-refractivity contribution < 1.29 is 24.2 Å². The van der Waals surface area contributed by atoms with Gasteiger partial charge in [-0.1, -0.05) is 24.3 Å². The summed E-state index contributed by atoms with van der Waals surface area (Å²) in [4.78, 5) is 37.5. The van der Waals surface area contributed by atoms with E-state index in [9.17, 15) is 19.5 Å². The number of ether oxygens (including phenoxy) is 1. The van der Waals surface area contributed by atoms with Crippen molar-refractivity contribution in [2.75, 3.05) is 19.7 Å². The molecule has 1 aromatic rings. The standard InChI is InChI=1S/C20H26N2O5/c1-2-3-9-17(20(25)26)21-19(24)15-10-12-22(13-11-15)18(23)14-27-16-7-5-4-6-8-16/h2,4-8,15,17H,1,3,9-14H2,(H,21,24)(H,25,26). The number of aliphatic carboxylic acids is 1. The van der Waals surface area contributed by atoms with Crippen molar-refractivity contribution in [2.45, 2.75) is 31.7 Å². The van der Waals surface area contributed by atoms with Crippen LogP contribution in [0.5, 0.6) is 5.75 Å². The number of carbonyl (C=O) groups excluding carboxylic acids is 2. The van der Waals surface area contributed by atoms with Crippen LogP contribution in [0.2, 0.25) is 0 Å². The Balaban J connectivity index is 1.76. The van der Waals surface area contributed by atoms with E-state index in [4.69, 9.17) is 4.74 Å². The molecule has 1 saturated heterocycles. The van der Waals surface area contributed by atoms with Crippen LogP contribution in [0.25, 0.3) is 0 Å². The average Bonchev–Trinajstić information content (AvgIpc) is 2.69. The fourth-order valence-corrected chi connectivity index (χ4v) is 2.98. The maximum Gasteiger partial charge on any atom is 0.326 e. The van der Waals surface area contributed by atoms with E-state index in [0.29, 0.717) is 44.5 Å². The Morgan fingerprint density at radius 3 is 2.52 bits per heavy atom. The second kappa shape index (κ2) is 10.4. The van der Waals surface area contributed by atoms with Gasteiger partial charge in [0.25, 0.3) is 5.91 Å². The highest BCUT2D eigenvalue weighted by molar-refractivity contribution is 5.85. The first-order valence-electron chi connectivity index (χ1n) is 9.11. The van der Waals surface area contributed by atoms with Crippen molar-refractivity contribution in [3.05, 3.63) is 43.0 Å². The summed E-state index contributed by atoms with van der Waals surface area (Å²) in [5.74, 6) is -1.07. The average molecular weight is 374 g/mol. The zero-order valence-electron chi connectivity index (χ0n) is 15.3. The maximum atomic E-state index is 12.3. The van der Waals surface area contributed by atoms with Crippen LogP contribution in [0.3, 0.4) is 0 Å². The Hall–Kier alpha value is -2.83. The predicted molar refractivity (Wildman–Crippen MR) is 100 cm³/mol. The first-order chi connectivity index (χ1) is 13.0. The number of amides is 2. The molecule has 0 aromatic heterocycles. The summed E-state index contributed by atoms with van der Waals surface area (Å²) in [5, 5.41) is 11.8. The number of hydrogen-bond donors (Lipinski definition) is 2. The smallest absolute Gasteiger partial charge is 0.326 e. The molecule has 1 heterocycles. The number of benzene rings is 1. The minimum Gasteiger partial charge on any atom is -0.484 e. The van der Waals surface area contributed by atoms with E-state index in [2.05, 4.69) is 11.9 Å². The van der Waals surface area contributed by atoms with E-state index in [1.165, 1.54) is 0 Å². The van der Waals surface area contributed by atoms with Crippen LogP contribution >= 0.6 is 0 Å². The Bertz CT molecular complexity index is 654. The van der Waals surface area contributed by atoms with Crippen molar-refractivity contribution in [1.82, 2.24) is 10.2 Å². The molecule has 0 radical (unpaired) electrons. The summed E-state index contributed by atoms with van der Waals surface area (Å²) >= 11 is 0. The van der Waals surface area contributed by atoms with Crippen LogP contribution in [-0.2, 0) is 14.4 Å². The van der Waals surface area contributed by atoms with Gasteiger partial charge in [0.15, 0.2) is 6.61 Å². The highest BCUT2D eigenvalue weighted by atomic mass is 16.5. The third-order valence-corrected chi connectivity index (χ3v) is 4.60. The molecule has 2 N–H and O–H groups in total. The van der Waals surface area contributed by atoms with E-state index in [0.717, 1.165) is 0 Å². The van der Waals surface area contributed by atoms with Gasteiger partial charge in [0, 0.05) is 19.0 Å². The topological polar surface area (TPSA) is 95.9 Å². The number of hydrogen-bond acceptors (Lipinski definition) is 4. The van der Waals surface area contributed by atoms with Crippen LogP contribution < -0.4 is 10.1 Å². The van der Waals surface area contributed by atoms with Crippen LogP contribution in [0.4, 0.5) is 0 Å². The molecule has 0 aliphatic carbocycles. The molecular formula is C20H26N2O5. The number of rotatable bonds is 9. The first kappa shape index (κ1) is 20.5. The van der Waals surface area contributed by atoms with Gasteiger partial charge in [-0.25, -0.2) is 4.79 Å². The number of allylic oxidation sites excluding steroid dienone is 1. The quantitative estimate of drug-likeness (QED) is 0.643. The molecule has 1 aliphatic heterocycles. The summed E-state index contributed by atoms with van der Waals surface area (Å²) in [6.45, 7) is 4.44. The minimum absolute atomic E-state index is 0.0382. The van der Waals surface area contributed by atoms with Gasteiger partial charge < -0.3 is 20.1 Å². The van der Waals surface area contributed by atoms with Gasteiger partial charge in [-0.2, -0.15) is 0 Å². The Kier molecular flexibility index (Phi) is 7.85. The molecule has 0 bridgehead atoms. The van der Waals surface area contributed by atoms with Gasteiger partial charge in [0.05, 0.1) is 0 Å². The Morgan fingerprint density at radius 2 is 1.93 bits per heavy atom. The molecule has 2 amide bonds. The maximum absolute atomic E-state index is 12.3. The Labute approximate surface area is 159 Å². The summed E-state index contributed by atoms with van der Waals surface area (Å²) < 4.78 is 5.47. The SMILES string of the molecule is C=CCCC(NC(=O)C1CCN(C(=O)COc2ccccc2)CC1)C(=O)O. The molecule has 0 saturated carbocycles. The molecule has 1 unspecified atom stereocenters. The fraction of sp³-hybridized carbons (Fsp3) is 0.450. The molecule has 1 atom stereocenters. The molecule has 2 rings (SSSR count). The molecule has 0 spiro atoms. The highest BCUT2D eigenvalue weighted by Gasteiger charge is 2.29. The largest absolute Gasteiger partial charge is 0.484 e. The number of piperidine rings is 1. The van der Waals surface area contributed by atoms with Crippen molar-refractivity contribution in [3.63, 3.8) is 0 Å². The number of nitrogens with one attached hydrogen (secondary N) is 1. The second-order valence-electron chi connectivity index (χ2n) is 6.52. The van der Waals surface area contributed by atoms with E-state index >= 15 is 0 Å². The van der Waals surface area contributed by atoms with E-state index in [1.807, 2.05) is 18.2 Å². The number of likely N-dealkylation sites (tertiary alicyclic amines) is 1. The van der Waals surface area contributed by atoms with Gasteiger partial charge in [-0.05, 0) is 37.8 Å². The zero-order chi connectivity index (χ0) is 19.6. The Morgan fingerprint density at radius 1 is 1.26 bits per heavy atom. The number of carboxylic acid groups (broad SMARTS) is 1. The molecular weight excluding hydrogens is 348 g/mol. The number of para-hydroxylation sites is 1. The van der Waals surface area contributed by atoms with E-state index in [1.54, 1.807) is 23.1 Å². The molecule has 7 nitrogen and oxygen atoms in total. The first-order valence-corrected chi connectivity index (χ1v) is 9.11.